The molecule has 4 heteroatoms. The van der Waals surface area contributed by atoms with Gasteiger partial charge in [0.05, 0.1) is 0 Å². The lowest BCUT2D eigenvalue weighted by atomic mass is 9.77. The number of nitrogens with two attached hydrogens (primary N) is 1. The van der Waals surface area contributed by atoms with E-state index in [0.29, 0.717) is 12.1 Å². The molecular formula is C17H27ClN2O. The van der Waals surface area contributed by atoms with Gasteiger partial charge in [-0.15, -0.1) is 12.4 Å². The van der Waals surface area contributed by atoms with Crippen molar-refractivity contribution in [2.24, 2.45) is 17.1 Å². The van der Waals surface area contributed by atoms with Gasteiger partial charge in [-0.05, 0) is 41.9 Å². The number of rotatable bonds is 5. The molecule has 0 saturated heterocycles. The Labute approximate surface area is 134 Å². The Bertz CT molecular complexity index is 450. The Morgan fingerprint density at radius 1 is 1.24 bits per heavy atom. The minimum atomic E-state index is 0. The van der Waals surface area contributed by atoms with Gasteiger partial charge in [0, 0.05) is 18.7 Å². The summed E-state index contributed by atoms with van der Waals surface area (Å²) >= 11 is 0. The molecule has 3 N–H and O–H groups in total. The van der Waals surface area contributed by atoms with Crippen LogP contribution >= 0.6 is 12.4 Å². The van der Waals surface area contributed by atoms with Gasteiger partial charge < -0.3 is 11.1 Å². The molecule has 21 heavy (non-hydrogen) atoms. The molecule has 1 amide bonds. The SMILES string of the molecule is CC(C)(CNC(=O)c1ccc(CN)cc1)C1CCCC1.Cl. The first-order valence-corrected chi connectivity index (χ1v) is 7.60. The zero-order valence-electron chi connectivity index (χ0n) is 13.0. The first kappa shape index (κ1) is 18.0. The first-order chi connectivity index (χ1) is 9.53. The molecule has 1 saturated carbocycles. The van der Waals surface area contributed by atoms with Crippen LogP contribution in [0.2, 0.25) is 0 Å². The third-order valence-corrected chi connectivity index (χ3v) is 4.62. The molecule has 118 valence electrons. The average Bonchev–Trinajstić information content (AvgIpc) is 3.00. The minimum absolute atomic E-state index is 0. The van der Waals surface area contributed by atoms with E-state index >= 15 is 0 Å². The molecule has 1 aromatic rings. The lowest BCUT2D eigenvalue weighted by Crippen LogP contribution is -2.37. The van der Waals surface area contributed by atoms with Gasteiger partial charge in [-0.2, -0.15) is 0 Å². The number of hydrogen-bond donors (Lipinski definition) is 2. The topological polar surface area (TPSA) is 55.1 Å². The van der Waals surface area contributed by atoms with E-state index < -0.39 is 0 Å². The monoisotopic (exact) mass is 310 g/mol. The van der Waals surface area contributed by atoms with Crippen LogP contribution in [-0.2, 0) is 6.54 Å². The smallest absolute Gasteiger partial charge is 0.251 e. The fraction of sp³-hybridized carbons (Fsp3) is 0.588. The zero-order chi connectivity index (χ0) is 14.6. The summed E-state index contributed by atoms with van der Waals surface area (Å²) in [5.41, 5.74) is 7.51. The minimum Gasteiger partial charge on any atom is -0.351 e. The van der Waals surface area contributed by atoms with Crippen molar-refractivity contribution in [1.29, 1.82) is 0 Å². The maximum Gasteiger partial charge on any atom is 0.251 e. The normalized spacial score (nSPS) is 15.6. The predicted octanol–water partition coefficient (Wildman–Crippen LogP) is 3.51. The molecule has 0 heterocycles. The second kappa shape index (κ2) is 7.81. The van der Waals surface area contributed by atoms with Crippen LogP contribution in [0.5, 0.6) is 0 Å². The molecule has 1 aliphatic rings. The van der Waals surface area contributed by atoms with Gasteiger partial charge in [-0.25, -0.2) is 0 Å². The van der Waals surface area contributed by atoms with E-state index in [2.05, 4.69) is 19.2 Å². The van der Waals surface area contributed by atoms with Crippen LogP contribution in [0.4, 0.5) is 0 Å². The molecule has 0 radical (unpaired) electrons. The molecule has 0 aromatic heterocycles. The largest absolute Gasteiger partial charge is 0.351 e. The van der Waals surface area contributed by atoms with Crippen LogP contribution in [-0.4, -0.2) is 12.5 Å². The zero-order valence-corrected chi connectivity index (χ0v) is 13.8. The van der Waals surface area contributed by atoms with E-state index in [1.54, 1.807) is 0 Å². The Morgan fingerprint density at radius 2 is 1.81 bits per heavy atom. The lowest BCUT2D eigenvalue weighted by Gasteiger charge is -2.31. The second-order valence-electron chi connectivity index (χ2n) is 6.55. The van der Waals surface area contributed by atoms with Gasteiger partial charge in [-0.1, -0.05) is 38.8 Å². The van der Waals surface area contributed by atoms with Crippen molar-refractivity contribution in [2.75, 3.05) is 6.54 Å². The second-order valence-corrected chi connectivity index (χ2v) is 6.55. The highest BCUT2D eigenvalue weighted by Gasteiger charge is 2.31. The summed E-state index contributed by atoms with van der Waals surface area (Å²) in [6.45, 7) is 5.79. The highest BCUT2D eigenvalue weighted by atomic mass is 35.5. The number of carbonyl (C=O) groups excluding carboxylic acids is 1. The van der Waals surface area contributed by atoms with Crippen molar-refractivity contribution in [3.8, 4) is 0 Å². The third kappa shape index (κ3) is 4.72. The summed E-state index contributed by atoms with van der Waals surface area (Å²) in [7, 11) is 0. The van der Waals surface area contributed by atoms with Crippen LogP contribution in [0, 0.1) is 11.3 Å². The van der Waals surface area contributed by atoms with Gasteiger partial charge in [0.2, 0.25) is 0 Å². The molecular weight excluding hydrogens is 284 g/mol. The Hall–Kier alpha value is -1.06. The van der Waals surface area contributed by atoms with Crippen LogP contribution in [0.3, 0.4) is 0 Å². The summed E-state index contributed by atoms with van der Waals surface area (Å²) in [4.78, 5) is 12.2. The Morgan fingerprint density at radius 3 is 2.33 bits per heavy atom. The predicted molar refractivity (Wildman–Crippen MR) is 89.7 cm³/mol. The van der Waals surface area contributed by atoms with E-state index in [-0.39, 0.29) is 23.7 Å². The fourth-order valence-corrected chi connectivity index (χ4v) is 3.05. The van der Waals surface area contributed by atoms with Gasteiger partial charge in [-0.3, -0.25) is 4.79 Å². The lowest BCUT2D eigenvalue weighted by molar-refractivity contribution is 0.0918. The van der Waals surface area contributed by atoms with Gasteiger partial charge in [0.25, 0.3) is 5.91 Å². The van der Waals surface area contributed by atoms with Crippen molar-refractivity contribution in [3.63, 3.8) is 0 Å². The molecule has 1 fully saturated rings. The highest BCUT2D eigenvalue weighted by Crippen LogP contribution is 2.39. The molecule has 1 aliphatic carbocycles. The summed E-state index contributed by atoms with van der Waals surface area (Å²) in [6.07, 6.45) is 5.27. The van der Waals surface area contributed by atoms with Crippen molar-refractivity contribution in [3.05, 3.63) is 35.4 Å². The molecule has 0 unspecified atom stereocenters. The molecule has 0 spiro atoms. The highest BCUT2D eigenvalue weighted by molar-refractivity contribution is 5.94. The molecule has 2 rings (SSSR count). The first-order valence-electron chi connectivity index (χ1n) is 7.60. The summed E-state index contributed by atoms with van der Waals surface area (Å²) in [6, 6.07) is 7.52. The molecule has 0 atom stereocenters. The van der Waals surface area contributed by atoms with Gasteiger partial charge >= 0.3 is 0 Å². The van der Waals surface area contributed by atoms with Crippen LogP contribution in [0.1, 0.15) is 55.5 Å². The van der Waals surface area contributed by atoms with Gasteiger partial charge in [0.15, 0.2) is 0 Å². The van der Waals surface area contributed by atoms with E-state index in [9.17, 15) is 4.79 Å². The maximum absolute atomic E-state index is 12.2. The quantitative estimate of drug-likeness (QED) is 0.874. The number of halogens is 1. The number of nitrogens with one attached hydrogen (secondary N) is 1. The van der Waals surface area contributed by atoms with Crippen molar-refractivity contribution >= 4 is 18.3 Å². The number of benzene rings is 1. The maximum atomic E-state index is 12.2. The van der Waals surface area contributed by atoms with E-state index in [1.165, 1.54) is 25.7 Å². The molecule has 0 bridgehead atoms. The van der Waals surface area contributed by atoms with E-state index in [1.807, 2.05) is 24.3 Å². The van der Waals surface area contributed by atoms with E-state index in [0.717, 1.165) is 18.0 Å². The number of carbonyl (C=O) groups is 1. The van der Waals surface area contributed by atoms with Crippen LogP contribution in [0.15, 0.2) is 24.3 Å². The van der Waals surface area contributed by atoms with Crippen molar-refractivity contribution < 1.29 is 4.79 Å². The van der Waals surface area contributed by atoms with Crippen molar-refractivity contribution in [2.45, 2.75) is 46.1 Å². The van der Waals surface area contributed by atoms with Crippen LogP contribution < -0.4 is 11.1 Å². The molecule has 3 nitrogen and oxygen atoms in total. The summed E-state index contributed by atoms with van der Waals surface area (Å²) in [5.74, 6) is 0.752. The van der Waals surface area contributed by atoms with Gasteiger partial charge in [0.1, 0.15) is 0 Å². The standard InChI is InChI=1S/C17H26N2O.ClH/c1-17(2,15-5-3-4-6-15)12-19-16(20)14-9-7-13(11-18)8-10-14;/h7-10,15H,3-6,11-12,18H2,1-2H3,(H,19,20);1H. The van der Waals surface area contributed by atoms with Crippen molar-refractivity contribution in [1.82, 2.24) is 5.32 Å². The third-order valence-electron chi connectivity index (χ3n) is 4.62. The molecule has 1 aromatic carbocycles. The number of amides is 1. The number of hydrogen-bond acceptors (Lipinski definition) is 2. The summed E-state index contributed by atoms with van der Waals surface area (Å²) < 4.78 is 0. The fourth-order valence-electron chi connectivity index (χ4n) is 3.05. The average molecular weight is 311 g/mol. The van der Waals surface area contributed by atoms with E-state index in [4.69, 9.17) is 5.73 Å². The molecule has 0 aliphatic heterocycles. The Kier molecular flexibility index (Phi) is 6.69. The van der Waals surface area contributed by atoms with Crippen LogP contribution in [0.25, 0.3) is 0 Å². The Balaban J connectivity index is 0.00000220. The summed E-state index contributed by atoms with van der Waals surface area (Å²) in [5, 5.41) is 3.08.